The number of carbonyl (C=O) groups excluding carboxylic acids is 1. The number of carboxylic acid groups (broad SMARTS) is 1. The first-order valence-corrected chi connectivity index (χ1v) is 6.33. The molecule has 0 unspecified atom stereocenters. The Morgan fingerprint density at radius 2 is 2.06 bits per heavy atom. The second-order valence-electron chi connectivity index (χ2n) is 4.82. The molecule has 0 aromatic heterocycles. The van der Waals surface area contributed by atoms with Crippen LogP contribution >= 0.6 is 0 Å². The third-order valence-electron chi connectivity index (χ3n) is 3.56. The topological polar surface area (TPSA) is 54.4 Å². The third-order valence-corrected chi connectivity index (χ3v) is 3.56. The first-order chi connectivity index (χ1) is 8.16. The largest absolute Gasteiger partial charge is 0.481 e. The van der Waals surface area contributed by atoms with E-state index in [-0.39, 0.29) is 12.2 Å². The normalized spacial score (nSPS) is 20.0. The number of hydrogen-bond donors (Lipinski definition) is 1. The summed E-state index contributed by atoms with van der Waals surface area (Å²) in [6.07, 6.45) is 8.34. The first-order valence-electron chi connectivity index (χ1n) is 6.33. The van der Waals surface area contributed by atoms with Crippen molar-refractivity contribution in [2.45, 2.75) is 51.4 Å². The second kappa shape index (κ2) is 5.30. The molecule has 0 radical (unpaired) electrons. The minimum Gasteiger partial charge on any atom is -0.481 e. The van der Waals surface area contributed by atoms with E-state index in [1.165, 1.54) is 16.7 Å². The lowest BCUT2D eigenvalue weighted by molar-refractivity contribution is -0.137. The van der Waals surface area contributed by atoms with E-state index in [2.05, 4.69) is 0 Å². The van der Waals surface area contributed by atoms with Crippen molar-refractivity contribution in [3.8, 4) is 0 Å². The predicted octanol–water partition coefficient (Wildman–Crippen LogP) is 3.01. The van der Waals surface area contributed by atoms with Crippen LogP contribution in [-0.2, 0) is 9.59 Å². The van der Waals surface area contributed by atoms with E-state index in [0.717, 1.165) is 38.5 Å². The van der Waals surface area contributed by atoms with Crippen molar-refractivity contribution >= 4 is 11.8 Å². The molecule has 2 aliphatic rings. The van der Waals surface area contributed by atoms with Crippen molar-refractivity contribution in [2.24, 2.45) is 0 Å². The van der Waals surface area contributed by atoms with Gasteiger partial charge in [-0.05, 0) is 55.7 Å². The zero-order valence-corrected chi connectivity index (χ0v) is 10.00. The summed E-state index contributed by atoms with van der Waals surface area (Å²) in [5.74, 6) is -0.475. The molecule has 0 aliphatic heterocycles. The number of fused-ring (bicyclic) bond motifs is 1. The van der Waals surface area contributed by atoms with E-state index in [1.54, 1.807) is 6.08 Å². The van der Waals surface area contributed by atoms with Crippen molar-refractivity contribution in [3.63, 3.8) is 0 Å². The standard InChI is InChI=1S/C14H18O3/c15-12-7-8-13-10(4-2-6-14(16)17)3-1-5-11(13)9-12/h9H,1-8H2,(H,16,17). The number of aliphatic carboxylic acids is 1. The fourth-order valence-corrected chi connectivity index (χ4v) is 2.76. The maximum absolute atomic E-state index is 11.4. The molecule has 2 rings (SSSR count). The zero-order valence-electron chi connectivity index (χ0n) is 10.00. The van der Waals surface area contributed by atoms with Gasteiger partial charge in [0.25, 0.3) is 0 Å². The summed E-state index contributed by atoms with van der Waals surface area (Å²) >= 11 is 0. The molecule has 0 aromatic carbocycles. The monoisotopic (exact) mass is 234 g/mol. The SMILES string of the molecule is O=C(O)CCCC1=C2CCC(=O)C=C2CCC1. The Labute approximate surface area is 101 Å². The zero-order chi connectivity index (χ0) is 12.3. The fraction of sp³-hybridized carbons (Fsp3) is 0.571. The van der Waals surface area contributed by atoms with E-state index < -0.39 is 5.97 Å². The number of carboxylic acids is 1. The average molecular weight is 234 g/mol. The Morgan fingerprint density at radius 3 is 2.82 bits per heavy atom. The van der Waals surface area contributed by atoms with E-state index in [0.29, 0.717) is 6.42 Å². The van der Waals surface area contributed by atoms with Crippen LogP contribution in [0.4, 0.5) is 0 Å². The highest BCUT2D eigenvalue weighted by Gasteiger charge is 2.21. The minimum atomic E-state index is -0.721. The van der Waals surface area contributed by atoms with Crippen LogP contribution in [0, 0.1) is 0 Å². The molecule has 0 aromatic rings. The Kier molecular flexibility index (Phi) is 3.77. The summed E-state index contributed by atoms with van der Waals surface area (Å²) in [6, 6.07) is 0. The van der Waals surface area contributed by atoms with Gasteiger partial charge in [0.05, 0.1) is 0 Å². The molecule has 0 atom stereocenters. The summed E-state index contributed by atoms with van der Waals surface area (Å²) in [6.45, 7) is 0. The summed E-state index contributed by atoms with van der Waals surface area (Å²) in [5, 5.41) is 8.64. The quantitative estimate of drug-likeness (QED) is 0.813. The Balaban J connectivity index is 2.06. The fourth-order valence-electron chi connectivity index (χ4n) is 2.76. The number of rotatable bonds is 4. The molecule has 3 heteroatoms. The van der Waals surface area contributed by atoms with Gasteiger partial charge >= 0.3 is 5.97 Å². The van der Waals surface area contributed by atoms with Gasteiger partial charge < -0.3 is 5.11 Å². The lowest BCUT2D eigenvalue weighted by Crippen LogP contribution is -2.12. The Hall–Kier alpha value is -1.38. The van der Waals surface area contributed by atoms with Crippen LogP contribution in [0.1, 0.15) is 51.4 Å². The lowest BCUT2D eigenvalue weighted by Gasteiger charge is -2.25. The number of hydrogen-bond acceptors (Lipinski definition) is 2. The molecular weight excluding hydrogens is 216 g/mol. The van der Waals surface area contributed by atoms with E-state index in [9.17, 15) is 9.59 Å². The van der Waals surface area contributed by atoms with E-state index in [4.69, 9.17) is 5.11 Å². The van der Waals surface area contributed by atoms with Gasteiger partial charge in [-0.3, -0.25) is 9.59 Å². The van der Waals surface area contributed by atoms with Gasteiger partial charge in [0.2, 0.25) is 0 Å². The molecule has 2 aliphatic carbocycles. The summed E-state index contributed by atoms with van der Waals surface area (Å²) in [4.78, 5) is 21.8. The Morgan fingerprint density at radius 1 is 1.24 bits per heavy atom. The highest BCUT2D eigenvalue weighted by Crippen LogP contribution is 2.37. The van der Waals surface area contributed by atoms with Crippen LogP contribution < -0.4 is 0 Å². The molecule has 0 amide bonds. The molecule has 92 valence electrons. The Bertz CT molecular complexity index is 402. The molecule has 17 heavy (non-hydrogen) atoms. The maximum atomic E-state index is 11.4. The number of allylic oxidation sites excluding steroid dienone is 4. The highest BCUT2D eigenvalue weighted by molar-refractivity contribution is 5.93. The van der Waals surface area contributed by atoms with Crippen molar-refractivity contribution in [3.05, 3.63) is 22.8 Å². The van der Waals surface area contributed by atoms with Crippen LogP contribution in [0.15, 0.2) is 22.8 Å². The van der Waals surface area contributed by atoms with Crippen LogP contribution in [0.3, 0.4) is 0 Å². The van der Waals surface area contributed by atoms with Crippen LogP contribution in [0.2, 0.25) is 0 Å². The van der Waals surface area contributed by atoms with Gasteiger partial charge in [0.15, 0.2) is 5.78 Å². The van der Waals surface area contributed by atoms with Crippen molar-refractivity contribution in [1.29, 1.82) is 0 Å². The molecule has 0 saturated carbocycles. The van der Waals surface area contributed by atoms with Gasteiger partial charge in [-0.1, -0.05) is 5.57 Å². The van der Waals surface area contributed by atoms with Crippen molar-refractivity contribution in [1.82, 2.24) is 0 Å². The van der Waals surface area contributed by atoms with Gasteiger partial charge in [-0.2, -0.15) is 0 Å². The first kappa shape index (κ1) is 12.1. The van der Waals surface area contributed by atoms with E-state index in [1.807, 2.05) is 0 Å². The average Bonchev–Trinajstić information content (AvgIpc) is 2.28. The van der Waals surface area contributed by atoms with Crippen molar-refractivity contribution in [2.75, 3.05) is 0 Å². The number of carbonyl (C=O) groups is 2. The summed E-state index contributed by atoms with van der Waals surface area (Å²) in [7, 11) is 0. The van der Waals surface area contributed by atoms with Gasteiger partial charge in [0.1, 0.15) is 0 Å². The van der Waals surface area contributed by atoms with Gasteiger partial charge in [-0.15, -0.1) is 0 Å². The molecule has 3 nitrogen and oxygen atoms in total. The van der Waals surface area contributed by atoms with Crippen LogP contribution in [-0.4, -0.2) is 16.9 Å². The molecule has 0 heterocycles. The minimum absolute atomic E-state index is 0.245. The second-order valence-corrected chi connectivity index (χ2v) is 4.82. The van der Waals surface area contributed by atoms with Crippen LogP contribution in [0.5, 0.6) is 0 Å². The molecule has 0 bridgehead atoms. The van der Waals surface area contributed by atoms with Crippen LogP contribution in [0.25, 0.3) is 0 Å². The lowest BCUT2D eigenvalue weighted by atomic mass is 9.79. The van der Waals surface area contributed by atoms with Gasteiger partial charge in [-0.25, -0.2) is 0 Å². The predicted molar refractivity (Wildman–Crippen MR) is 64.7 cm³/mol. The summed E-state index contributed by atoms with van der Waals surface area (Å²) in [5.41, 5.74) is 3.98. The molecule has 0 saturated heterocycles. The maximum Gasteiger partial charge on any atom is 0.303 e. The molecular formula is C14H18O3. The number of ketones is 1. The van der Waals surface area contributed by atoms with Gasteiger partial charge in [0, 0.05) is 12.8 Å². The molecule has 0 fully saturated rings. The summed E-state index contributed by atoms with van der Waals surface area (Å²) < 4.78 is 0. The smallest absolute Gasteiger partial charge is 0.303 e. The third kappa shape index (κ3) is 3.05. The molecule has 0 spiro atoms. The van der Waals surface area contributed by atoms with Crippen molar-refractivity contribution < 1.29 is 14.7 Å². The molecule has 1 N–H and O–H groups in total. The van der Waals surface area contributed by atoms with E-state index >= 15 is 0 Å². The highest BCUT2D eigenvalue weighted by atomic mass is 16.4.